The molecule has 0 saturated carbocycles. The highest BCUT2D eigenvalue weighted by molar-refractivity contribution is 7.92. The number of nitrogen functional groups attached to an aromatic ring is 1. The van der Waals surface area contributed by atoms with E-state index in [1.54, 1.807) is 42.5 Å². The molecular weight excluding hydrogens is 486 g/mol. The zero-order valence-electron chi connectivity index (χ0n) is 20.3. The highest BCUT2D eigenvalue weighted by Gasteiger charge is 2.26. The van der Waals surface area contributed by atoms with E-state index in [0.717, 1.165) is 57.8 Å². The van der Waals surface area contributed by atoms with Crippen molar-refractivity contribution in [1.82, 2.24) is 0 Å². The van der Waals surface area contributed by atoms with E-state index in [0.29, 0.717) is 29.0 Å². The Bertz CT molecular complexity index is 1100. The fourth-order valence-electron chi connectivity index (χ4n) is 4.05. The molecule has 2 aromatic carbocycles. The smallest absolute Gasteiger partial charge is 0.207 e. The first-order valence-corrected chi connectivity index (χ1v) is 15.6. The molecule has 0 fully saturated rings. The first-order chi connectivity index (χ1) is 16.7. The van der Waals surface area contributed by atoms with Crippen LogP contribution in [0.1, 0.15) is 69.8 Å². The summed E-state index contributed by atoms with van der Waals surface area (Å²) >= 11 is 0. The quantitative estimate of drug-likeness (QED) is 0.207. The van der Waals surface area contributed by atoms with Gasteiger partial charge >= 0.3 is 0 Å². The SMILES string of the molecule is Nc1ccc(S(=O)(=O)CCCCCCCCCCCCc2ccccc2S(=O)(=O)C(O)CO)cc1. The summed E-state index contributed by atoms with van der Waals surface area (Å²) in [6, 6.07) is 13.0. The van der Waals surface area contributed by atoms with Crippen LogP contribution in [0.25, 0.3) is 0 Å². The molecular formula is C26H39NO6S2. The number of aliphatic hydroxyl groups is 2. The molecule has 4 N–H and O–H groups in total. The Balaban J connectivity index is 1.55. The molecule has 0 amide bonds. The fourth-order valence-corrected chi connectivity index (χ4v) is 6.71. The number of hydrogen-bond acceptors (Lipinski definition) is 7. The second-order valence-corrected chi connectivity index (χ2v) is 13.1. The summed E-state index contributed by atoms with van der Waals surface area (Å²) in [5, 5.41) is 18.7. The molecule has 0 aliphatic carbocycles. The lowest BCUT2D eigenvalue weighted by Crippen LogP contribution is -2.25. The number of hydrogen-bond donors (Lipinski definition) is 3. The van der Waals surface area contributed by atoms with Gasteiger partial charge < -0.3 is 15.9 Å². The monoisotopic (exact) mass is 525 g/mol. The Morgan fingerprint density at radius 1 is 0.714 bits per heavy atom. The first kappa shape index (κ1) is 29.3. The predicted molar refractivity (Wildman–Crippen MR) is 140 cm³/mol. The summed E-state index contributed by atoms with van der Waals surface area (Å²) in [5.74, 6) is 0.167. The van der Waals surface area contributed by atoms with E-state index in [-0.39, 0.29) is 10.6 Å². The Morgan fingerprint density at radius 2 is 1.23 bits per heavy atom. The number of nitrogens with two attached hydrogens (primary N) is 1. The van der Waals surface area contributed by atoms with Gasteiger partial charge in [-0.25, -0.2) is 16.8 Å². The molecule has 0 bridgehead atoms. The van der Waals surface area contributed by atoms with Gasteiger partial charge in [-0.3, -0.25) is 0 Å². The lowest BCUT2D eigenvalue weighted by atomic mass is 10.0. The molecule has 0 aromatic heterocycles. The maximum absolute atomic E-state index is 12.4. The predicted octanol–water partition coefficient (Wildman–Crippen LogP) is 4.27. The van der Waals surface area contributed by atoms with Crippen LogP contribution in [0.5, 0.6) is 0 Å². The Hall–Kier alpha value is -1.94. The number of rotatable bonds is 17. The largest absolute Gasteiger partial charge is 0.399 e. The zero-order valence-corrected chi connectivity index (χ0v) is 21.9. The van der Waals surface area contributed by atoms with Crippen molar-refractivity contribution >= 4 is 25.4 Å². The third-order valence-electron chi connectivity index (χ3n) is 6.14. The molecule has 2 rings (SSSR count). The van der Waals surface area contributed by atoms with Crippen LogP contribution in [-0.4, -0.2) is 44.8 Å². The Morgan fingerprint density at radius 3 is 1.80 bits per heavy atom. The van der Waals surface area contributed by atoms with Crippen molar-refractivity contribution in [2.24, 2.45) is 0 Å². The highest BCUT2D eigenvalue weighted by Crippen LogP contribution is 2.22. The van der Waals surface area contributed by atoms with Crippen LogP contribution >= 0.6 is 0 Å². The molecule has 0 radical (unpaired) electrons. The molecule has 35 heavy (non-hydrogen) atoms. The molecule has 9 heteroatoms. The van der Waals surface area contributed by atoms with Gasteiger partial charge in [-0.05, 0) is 55.2 Å². The van der Waals surface area contributed by atoms with Crippen molar-refractivity contribution in [3.8, 4) is 0 Å². The topological polar surface area (TPSA) is 135 Å². The minimum absolute atomic E-state index is 0.0998. The number of sulfone groups is 2. The molecule has 196 valence electrons. The number of aliphatic hydroxyl groups excluding tert-OH is 2. The van der Waals surface area contributed by atoms with Gasteiger partial charge in [-0.1, -0.05) is 69.6 Å². The summed E-state index contributed by atoms with van der Waals surface area (Å²) in [4.78, 5) is 0.433. The van der Waals surface area contributed by atoms with Gasteiger partial charge in [0.15, 0.2) is 15.3 Å². The van der Waals surface area contributed by atoms with E-state index in [4.69, 9.17) is 10.8 Å². The van der Waals surface area contributed by atoms with Gasteiger partial charge in [0.2, 0.25) is 9.84 Å². The van der Waals surface area contributed by atoms with Crippen molar-refractivity contribution in [2.45, 2.75) is 85.9 Å². The summed E-state index contributed by atoms with van der Waals surface area (Å²) in [6.45, 7) is -0.820. The standard InChI is InChI=1S/C26H39NO6S2/c27-23-16-18-24(19-17-23)34(30,31)20-12-8-6-4-2-1-3-5-7-9-13-22-14-10-11-15-25(22)35(32,33)26(29)21-28/h10-11,14-19,26,28-29H,1-9,12-13,20-21,27H2. The first-order valence-electron chi connectivity index (χ1n) is 12.4. The number of anilines is 1. The highest BCUT2D eigenvalue weighted by atomic mass is 32.2. The average Bonchev–Trinajstić information content (AvgIpc) is 2.84. The van der Waals surface area contributed by atoms with Gasteiger partial charge in [0.05, 0.1) is 22.2 Å². The van der Waals surface area contributed by atoms with Crippen LogP contribution in [0.3, 0.4) is 0 Å². The summed E-state index contributed by atoms with van der Waals surface area (Å²) < 4.78 is 49.4. The molecule has 0 spiro atoms. The lowest BCUT2D eigenvalue weighted by Gasteiger charge is -2.13. The molecule has 7 nitrogen and oxygen atoms in total. The molecule has 2 aromatic rings. The van der Waals surface area contributed by atoms with Gasteiger partial charge in [-0.2, -0.15) is 0 Å². The summed E-state index contributed by atoms with van der Waals surface area (Å²) in [6.07, 6.45) is 10.6. The maximum Gasteiger partial charge on any atom is 0.207 e. The average molecular weight is 526 g/mol. The zero-order chi connectivity index (χ0) is 25.7. The van der Waals surface area contributed by atoms with Crippen molar-refractivity contribution in [1.29, 1.82) is 0 Å². The Labute approximate surface area is 210 Å². The summed E-state index contributed by atoms with van der Waals surface area (Å²) in [7, 11) is -7.18. The molecule has 1 atom stereocenters. The van der Waals surface area contributed by atoms with Gasteiger partial charge in [0.1, 0.15) is 0 Å². The van der Waals surface area contributed by atoms with Crippen molar-refractivity contribution in [3.05, 3.63) is 54.1 Å². The molecule has 0 aliphatic rings. The van der Waals surface area contributed by atoms with Crippen molar-refractivity contribution in [3.63, 3.8) is 0 Å². The van der Waals surface area contributed by atoms with Gasteiger partial charge in [-0.15, -0.1) is 0 Å². The second-order valence-electron chi connectivity index (χ2n) is 8.96. The second kappa shape index (κ2) is 14.6. The normalized spacial score (nSPS) is 13.1. The minimum atomic E-state index is -3.94. The van der Waals surface area contributed by atoms with Crippen LogP contribution in [0.15, 0.2) is 58.3 Å². The lowest BCUT2D eigenvalue weighted by molar-refractivity contribution is 0.152. The van der Waals surface area contributed by atoms with E-state index in [9.17, 15) is 21.9 Å². The van der Waals surface area contributed by atoms with Crippen LogP contribution < -0.4 is 5.73 Å². The number of benzene rings is 2. The van der Waals surface area contributed by atoms with E-state index >= 15 is 0 Å². The minimum Gasteiger partial charge on any atom is -0.399 e. The molecule has 0 heterocycles. The van der Waals surface area contributed by atoms with Crippen LogP contribution in [-0.2, 0) is 26.1 Å². The van der Waals surface area contributed by atoms with Crippen LogP contribution in [0, 0.1) is 0 Å². The fraction of sp³-hybridized carbons (Fsp3) is 0.538. The van der Waals surface area contributed by atoms with Crippen LogP contribution in [0.2, 0.25) is 0 Å². The molecule has 1 unspecified atom stereocenters. The van der Waals surface area contributed by atoms with E-state index in [1.807, 2.05) is 0 Å². The van der Waals surface area contributed by atoms with Crippen LogP contribution in [0.4, 0.5) is 5.69 Å². The van der Waals surface area contributed by atoms with Gasteiger partial charge in [0.25, 0.3) is 0 Å². The van der Waals surface area contributed by atoms with Crippen molar-refractivity contribution < 1.29 is 27.0 Å². The third-order valence-corrected chi connectivity index (χ3v) is 9.84. The molecule has 0 aliphatic heterocycles. The summed E-state index contributed by atoms with van der Waals surface area (Å²) in [5.41, 5.74) is 5.05. The number of unbranched alkanes of at least 4 members (excludes halogenated alkanes) is 9. The van der Waals surface area contributed by atoms with Crippen molar-refractivity contribution in [2.75, 3.05) is 18.1 Å². The van der Waals surface area contributed by atoms with Gasteiger partial charge in [0, 0.05) is 5.69 Å². The Kier molecular flexibility index (Phi) is 12.2. The number of aryl methyl sites for hydroxylation is 1. The maximum atomic E-state index is 12.4. The van der Waals surface area contributed by atoms with E-state index < -0.39 is 31.7 Å². The van der Waals surface area contributed by atoms with E-state index in [2.05, 4.69) is 0 Å². The van der Waals surface area contributed by atoms with E-state index in [1.165, 1.54) is 6.07 Å². The molecule has 0 saturated heterocycles. The third kappa shape index (κ3) is 9.56.